The van der Waals surface area contributed by atoms with E-state index >= 15 is 0 Å². The lowest BCUT2D eigenvalue weighted by molar-refractivity contribution is 0.367. The quantitative estimate of drug-likeness (QED) is 0.432. The number of nitrogens with two attached hydrogens (primary N) is 1. The van der Waals surface area contributed by atoms with Crippen LogP contribution in [0.1, 0.15) is 62.9 Å². The fraction of sp³-hybridized carbons (Fsp3) is 0.406. The first-order valence-corrected chi connectivity index (χ1v) is 13.0. The molecule has 198 valence electrons. The number of nitrogens with zero attached hydrogens (tertiary/aromatic N) is 5. The second kappa shape index (κ2) is 14.6. The molecule has 1 atom stereocenters. The Hall–Kier alpha value is -4.05. The smallest absolute Gasteiger partial charge is 0.146 e. The minimum Gasteiger partial charge on any atom is -0.383 e. The van der Waals surface area contributed by atoms with E-state index in [0.29, 0.717) is 17.4 Å². The molecule has 6 heteroatoms. The summed E-state index contributed by atoms with van der Waals surface area (Å²) >= 11 is 0. The van der Waals surface area contributed by atoms with Gasteiger partial charge in [0.15, 0.2) is 0 Å². The van der Waals surface area contributed by atoms with Gasteiger partial charge >= 0.3 is 0 Å². The second-order valence-electron chi connectivity index (χ2n) is 9.62. The number of hydrogen-bond acceptors (Lipinski definition) is 5. The van der Waals surface area contributed by atoms with Gasteiger partial charge in [0, 0.05) is 23.9 Å². The third kappa shape index (κ3) is 7.04. The Morgan fingerprint density at radius 2 is 1.95 bits per heavy atom. The molecule has 0 spiro atoms. The third-order valence-electron chi connectivity index (χ3n) is 6.73. The van der Waals surface area contributed by atoms with Crippen LogP contribution in [0.4, 0.5) is 5.82 Å². The van der Waals surface area contributed by atoms with Crippen LogP contribution in [0.3, 0.4) is 0 Å². The van der Waals surface area contributed by atoms with E-state index in [4.69, 9.17) is 18.6 Å². The van der Waals surface area contributed by atoms with Crippen LogP contribution >= 0.6 is 0 Å². The molecule has 0 saturated carbocycles. The Morgan fingerprint density at radius 1 is 1.21 bits per heavy atom. The molecule has 1 aliphatic carbocycles. The summed E-state index contributed by atoms with van der Waals surface area (Å²) < 4.78 is 2.10. The Labute approximate surface area is 228 Å². The summed E-state index contributed by atoms with van der Waals surface area (Å²) in [6.45, 7) is 8.37. The fourth-order valence-corrected chi connectivity index (χ4v) is 4.65. The number of aryl methyl sites for hydroxylation is 2. The Kier molecular flexibility index (Phi) is 11.6. The molecular formula is C32H40N6. The van der Waals surface area contributed by atoms with Crippen molar-refractivity contribution in [2.45, 2.75) is 52.9 Å². The molecule has 3 aromatic rings. The van der Waals surface area contributed by atoms with Crippen LogP contribution in [-0.4, -0.2) is 44.6 Å². The molecule has 0 amide bonds. The Morgan fingerprint density at radius 3 is 2.53 bits per heavy atom. The van der Waals surface area contributed by atoms with Gasteiger partial charge < -0.3 is 10.3 Å². The van der Waals surface area contributed by atoms with Crippen LogP contribution in [-0.2, 0) is 7.05 Å². The average molecular weight is 509 g/mol. The second-order valence-corrected chi connectivity index (χ2v) is 9.62. The highest BCUT2D eigenvalue weighted by molar-refractivity contribution is 6.04. The topological polar surface area (TPSA) is 72.9 Å². The summed E-state index contributed by atoms with van der Waals surface area (Å²) in [5.41, 5.74) is 13.2. The summed E-state index contributed by atoms with van der Waals surface area (Å²) in [4.78, 5) is 15.5. The van der Waals surface area contributed by atoms with Crippen molar-refractivity contribution in [2.75, 3.05) is 25.9 Å². The normalized spacial score (nSPS) is 14.4. The molecule has 3 aromatic heterocycles. The van der Waals surface area contributed by atoms with Gasteiger partial charge in [0.05, 0.1) is 17.6 Å². The Bertz CT molecular complexity index is 1360. The van der Waals surface area contributed by atoms with Crippen molar-refractivity contribution >= 4 is 22.4 Å². The number of nitrogen functional groups attached to an aromatic ring is 1. The highest BCUT2D eigenvalue weighted by atomic mass is 15.1. The Balaban J connectivity index is 0.000000394. The molecular weight excluding hydrogens is 468 g/mol. The maximum atomic E-state index is 6.30. The molecule has 0 fully saturated rings. The molecule has 4 rings (SSSR count). The van der Waals surface area contributed by atoms with E-state index in [-0.39, 0.29) is 0 Å². The highest BCUT2D eigenvalue weighted by Gasteiger charge is 2.25. The summed E-state index contributed by atoms with van der Waals surface area (Å²) in [7, 11) is 4.07. The molecule has 0 aromatic carbocycles. The molecule has 0 unspecified atom stereocenters. The lowest BCUT2D eigenvalue weighted by atomic mass is 9.86. The summed E-state index contributed by atoms with van der Waals surface area (Å²) in [5.74, 6) is 6.43. The number of fused-ring (bicyclic) bond motifs is 1. The lowest BCUT2D eigenvalue weighted by Crippen LogP contribution is -2.19. The van der Waals surface area contributed by atoms with Crippen molar-refractivity contribution in [3.05, 3.63) is 41.5 Å². The summed E-state index contributed by atoms with van der Waals surface area (Å²) in [5, 5.41) is 0.927. The van der Waals surface area contributed by atoms with E-state index in [2.05, 4.69) is 76.1 Å². The lowest BCUT2D eigenvalue weighted by Gasteiger charge is -2.20. The van der Waals surface area contributed by atoms with E-state index in [1.807, 2.05) is 26.1 Å². The minimum absolute atomic E-state index is 0.516. The number of terminal acetylenes is 3. The van der Waals surface area contributed by atoms with Crippen LogP contribution < -0.4 is 5.73 Å². The maximum Gasteiger partial charge on any atom is 0.146 e. The molecule has 0 radical (unpaired) electrons. The van der Waals surface area contributed by atoms with Gasteiger partial charge in [-0.15, -0.1) is 25.7 Å². The van der Waals surface area contributed by atoms with E-state index < -0.39 is 0 Å². The molecule has 0 saturated heterocycles. The van der Waals surface area contributed by atoms with Crippen molar-refractivity contribution < 1.29 is 0 Å². The molecule has 3 heterocycles. The molecule has 38 heavy (non-hydrogen) atoms. The van der Waals surface area contributed by atoms with E-state index in [1.165, 1.54) is 31.2 Å². The van der Waals surface area contributed by atoms with Crippen LogP contribution in [0.15, 0.2) is 24.5 Å². The molecule has 0 bridgehead atoms. The van der Waals surface area contributed by atoms with Gasteiger partial charge in [-0.2, -0.15) is 0 Å². The molecule has 1 aliphatic rings. The third-order valence-corrected chi connectivity index (χ3v) is 6.73. The van der Waals surface area contributed by atoms with Crippen molar-refractivity contribution in [1.29, 1.82) is 0 Å². The SMILES string of the molecule is C#C.C#CCN(C)CCCC.C#Cc1ccc(-c2c(C3=CC[C@@H](C)CC3)c3c(N)ncnc3n2C)c(C)n1. The minimum atomic E-state index is 0.516. The first-order chi connectivity index (χ1) is 18.3. The van der Waals surface area contributed by atoms with E-state index in [1.54, 1.807) is 0 Å². The van der Waals surface area contributed by atoms with Crippen LogP contribution in [0.2, 0.25) is 0 Å². The highest BCUT2D eigenvalue weighted by Crippen LogP contribution is 2.43. The van der Waals surface area contributed by atoms with Crippen molar-refractivity contribution in [3.63, 3.8) is 0 Å². The molecule has 6 nitrogen and oxygen atoms in total. The number of anilines is 1. The van der Waals surface area contributed by atoms with E-state index in [9.17, 15) is 0 Å². The van der Waals surface area contributed by atoms with Gasteiger partial charge in [-0.3, -0.25) is 4.90 Å². The van der Waals surface area contributed by atoms with Gasteiger partial charge in [-0.05, 0) is 69.8 Å². The van der Waals surface area contributed by atoms with Gasteiger partial charge in [0.25, 0.3) is 0 Å². The number of unbranched alkanes of at least 4 members (excludes halogenated alkanes) is 1. The van der Waals surface area contributed by atoms with Gasteiger partial charge in [0.1, 0.15) is 23.5 Å². The zero-order chi connectivity index (χ0) is 28.2. The average Bonchev–Trinajstić information content (AvgIpc) is 3.22. The maximum absolute atomic E-state index is 6.30. The summed E-state index contributed by atoms with van der Waals surface area (Å²) in [6.07, 6.45) is 28.3. The molecule has 2 N–H and O–H groups in total. The number of rotatable bonds is 6. The zero-order valence-corrected chi connectivity index (χ0v) is 23.5. The van der Waals surface area contributed by atoms with Crippen LogP contribution in [0.5, 0.6) is 0 Å². The van der Waals surface area contributed by atoms with Crippen LogP contribution in [0, 0.1) is 50.4 Å². The van der Waals surface area contributed by atoms with Crippen molar-refractivity contribution in [3.8, 4) is 48.8 Å². The van der Waals surface area contributed by atoms with Crippen molar-refractivity contribution in [1.82, 2.24) is 24.4 Å². The standard InChI is InChI=1S/C22H23N5.C8H15N.C2H2/c1-5-16-10-11-17(14(3)26-16)20-18(15-8-6-13(2)7-9-15)19-21(23)24-12-25-22(19)27(20)4;1-4-6-8-9(3)7-5-2;1-2/h1,8,10-13H,6-7,9H2,2-4H3,(H2,23,24,25);2H,4,6-8H2,1,3H3;1-2H/t13-;;/m1../s1. The van der Waals surface area contributed by atoms with Gasteiger partial charge in [-0.25, -0.2) is 15.0 Å². The number of aromatic nitrogens is 4. The monoisotopic (exact) mass is 508 g/mol. The van der Waals surface area contributed by atoms with Crippen LogP contribution in [0.25, 0.3) is 27.9 Å². The number of allylic oxidation sites excluding steroid dienone is 2. The first-order valence-electron chi connectivity index (χ1n) is 13.0. The van der Waals surface area contributed by atoms with Gasteiger partial charge in [-0.1, -0.05) is 38.2 Å². The molecule has 0 aliphatic heterocycles. The van der Waals surface area contributed by atoms with Crippen molar-refractivity contribution in [2.24, 2.45) is 13.0 Å². The van der Waals surface area contributed by atoms with Gasteiger partial charge in [0.2, 0.25) is 0 Å². The zero-order valence-electron chi connectivity index (χ0n) is 23.5. The number of hydrogen-bond donors (Lipinski definition) is 1. The first kappa shape index (κ1) is 30.2. The fourth-order valence-electron chi connectivity index (χ4n) is 4.65. The number of pyridine rings is 1. The largest absolute Gasteiger partial charge is 0.383 e. The predicted molar refractivity (Wildman–Crippen MR) is 161 cm³/mol. The predicted octanol–water partition coefficient (Wildman–Crippen LogP) is 5.71. The summed E-state index contributed by atoms with van der Waals surface area (Å²) in [6, 6.07) is 3.93. The van der Waals surface area contributed by atoms with E-state index in [0.717, 1.165) is 59.5 Å².